The average Bonchev–Trinajstić information content (AvgIpc) is 2.27. The normalized spacial score (nSPS) is 9.82. The quantitative estimate of drug-likeness (QED) is 0.790. The van der Waals surface area contributed by atoms with Gasteiger partial charge in [0.2, 0.25) is 0 Å². The fraction of sp³-hybridized carbons (Fsp3) is 0.154. The summed E-state index contributed by atoms with van der Waals surface area (Å²) in [7, 11) is -0.611. The lowest BCUT2D eigenvalue weighted by Crippen LogP contribution is -1.79. The first kappa shape index (κ1) is 13.4. The number of hydrogen-bond donors (Lipinski definition) is 1. The van der Waals surface area contributed by atoms with E-state index in [1.807, 2.05) is 6.07 Å². The zero-order valence-corrected chi connectivity index (χ0v) is 10.5. The van der Waals surface area contributed by atoms with Crippen LogP contribution in [0, 0.1) is 0 Å². The van der Waals surface area contributed by atoms with Crippen molar-refractivity contribution in [3.8, 4) is 5.75 Å². The third-order valence-corrected chi connectivity index (χ3v) is 1.98. The van der Waals surface area contributed by atoms with Crippen molar-refractivity contribution in [3.05, 3.63) is 42.0 Å². The third-order valence-electron chi connectivity index (χ3n) is 1.98. The smallest absolute Gasteiger partial charge is 0.150 e. The molecular weight excluding hydrogens is 236 g/mol. The molecule has 0 saturated carbocycles. The Kier molecular flexibility index (Phi) is 4.84. The van der Waals surface area contributed by atoms with Gasteiger partial charge < -0.3 is 5.11 Å². The zero-order valence-electron chi connectivity index (χ0n) is 9.71. The van der Waals surface area contributed by atoms with Crippen molar-refractivity contribution in [2.75, 3.05) is 12.5 Å². The second-order valence-corrected chi connectivity index (χ2v) is 5.13. The number of benzene rings is 2. The molecule has 2 aromatic rings. The van der Waals surface area contributed by atoms with Crippen molar-refractivity contribution in [3.63, 3.8) is 0 Å². The van der Waals surface area contributed by atoms with E-state index in [1.165, 1.54) is 0 Å². The van der Waals surface area contributed by atoms with Gasteiger partial charge in [0.15, 0.2) is 0 Å². The highest BCUT2D eigenvalue weighted by Crippen LogP contribution is 2.20. The molecule has 1 N–H and O–H groups in total. The Morgan fingerprint density at radius 1 is 1.06 bits per heavy atom. The molecule has 4 heteroatoms. The summed E-state index contributed by atoms with van der Waals surface area (Å²) in [6.07, 6.45) is 4.09. The van der Waals surface area contributed by atoms with Gasteiger partial charge in [-0.1, -0.05) is 18.2 Å². The molecule has 90 valence electrons. The fourth-order valence-electron chi connectivity index (χ4n) is 1.32. The largest absolute Gasteiger partial charge is 0.508 e. The monoisotopic (exact) mass is 250 g/mol. The molecule has 0 unspecified atom stereocenters. The molecule has 17 heavy (non-hydrogen) atoms. The van der Waals surface area contributed by atoms with Crippen molar-refractivity contribution in [1.82, 2.24) is 0 Å². The molecule has 0 heterocycles. The highest BCUT2D eigenvalue weighted by molar-refractivity contribution is 7.83. The van der Waals surface area contributed by atoms with Crippen LogP contribution in [0.25, 0.3) is 10.8 Å². The van der Waals surface area contributed by atoms with E-state index in [0.717, 1.165) is 17.1 Å². The van der Waals surface area contributed by atoms with Crippen LogP contribution in [-0.2, 0) is 10.8 Å². The Labute approximate surface area is 103 Å². The van der Waals surface area contributed by atoms with Crippen LogP contribution in [-0.4, -0.2) is 28.1 Å². The third kappa shape index (κ3) is 4.36. The first-order valence-electron chi connectivity index (χ1n) is 4.96. The molecule has 0 fully saturated rings. The summed E-state index contributed by atoms with van der Waals surface area (Å²) < 4.78 is 9.56. The summed E-state index contributed by atoms with van der Waals surface area (Å²) in [5.41, 5.74) is 0.651. The van der Waals surface area contributed by atoms with E-state index in [-0.39, 0.29) is 5.75 Å². The van der Waals surface area contributed by atoms with Crippen molar-refractivity contribution < 1.29 is 14.1 Å². The molecule has 0 spiro atoms. The van der Waals surface area contributed by atoms with E-state index in [2.05, 4.69) is 0 Å². The van der Waals surface area contributed by atoms with Gasteiger partial charge in [-0.3, -0.25) is 9.00 Å². The van der Waals surface area contributed by atoms with Crippen LogP contribution in [0.15, 0.2) is 36.4 Å². The van der Waals surface area contributed by atoms with Gasteiger partial charge >= 0.3 is 0 Å². The van der Waals surface area contributed by atoms with Crippen LogP contribution in [0.3, 0.4) is 0 Å². The first-order chi connectivity index (χ1) is 8.02. The lowest BCUT2D eigenvalue weighted by molar-refractivity contribution is 0.112. The summed E-state index contributed by atoms with van der Waals surface area (Å²) in [5.74, 6) is 0.242. The molecule has 0 aliphatic rings. The predicted octanol–water partition coefficient (Wildman–Crippen LogP) is 2.35. The van der Waals surface area contributed by atoms with Gasteiger partial charge in [-0.2, -0.15) is 0 Å². The molecule has 0 saturated heterocycles. The maximum absolute atomic E-state index is 10.5. The molecule has 0 bridgehead atoms. The van der Waals surface area contributed by atoms with E-state index in [0.29, 0.717) is 5.56 Å². The number of phenols is 1. The van der Waals surface area contributed by atoms with Gasteiger partial charge in [0.05, 0.1) is 0 Å². The van der Waals surface area contributed by atoms with E-state index in [9.17, 15) is 14.1 Å². The number of rotatable bonds is 1. The number of hydrogen-bond acceptors (Lipinski definition) is 3. The van der Waals surface area contributed by atoms with Crippen molar-refractivity contribution in [2.24, 2.45) is 0 Å². The molecular formula is C13H14O3S. The van der Waals surface area contributed by atoms with Gasteiger partial charge in [0.1, 0.15) is 12.0 Å². The molecule has 0 radical (unpaired) electrons. The molecule has 0 aliphatic heterocycles. The molecule has 2 aromatic carbocycles. The van der Waals surface area contributed by atoms with E-state index in [1.54, 1.807) is 42.8 Å². The van der Waals surface area contributed by atoms with E-state index < -0.39 is 10.8 Å². The Bertz CT molecular complexity index is 545. The molecule has 2 rings (SSSR count). The second-order valence-electron chi connectivity index (χ2n) is 3.65. The Morgan fingerprint density at radius 2 is 1.59 bits per heavy atom. The zero-order chi connectivity index (χ0) is 12.8. The minimum absolute atomic E-state index is 0.242. The maximum atomic E-state index is 10.5. The van der Waals surface area contributed by atoms with Gasteiger partial charge in [0.25, 0.3) is 0 Å². The summed E-state index contributed by atoms with van der Waals surface area (Å²) in [5, 5.41) is 11.1. The second kappa shape index (κ2) is 6.15. The van der Waals surface area contributed by atoms with Gasteiger partial charge in [-0.15, -0.1) is 0 Å². The number of aldehydes is 1. The van der Waals surface area contributed by atoms with Gasteiger partial charge in [-0.05, 0) is 29.0 Å². The minimum atomic E-state index is -0.611. The highest BCUT2D eigenvalue weighted by atomic mass is 32.2. The van der Waals surface area contributed by atoms with Crippen LogP contribution >= 0.6 is 0 Å². The summed E-state index contributed by atoms with van der Waals surface area (Å²) in [6.45, 7) is 0. The number of fused-ring (bicyclic) bond motifs is 1. The SMILES string of the molecule is CS(C)=O.O=Cc1ccc2cc(O)ccc2c1. The summed E-state index contributed by atoms with van der Waals surface area (Å²) in [6, 6.07) is 10.4. The maximum Gasteiger partial charge on any atom is 0.150 e. The van der Waals surface area contributed by atoms with Gasteiger partial charge in [-0.25, -0.2) is 0 Å². The molecule has 0 amide bonds. The Morgan fingerprint density at radius 3 is 2.18 bits per heavy atom. The topological polar surface area (TPSA) is 54.4 Å². The van der Waals surface area contributed by atoms with Crippen LogP contribution in [0.2, 0.25) is 0 Å². The molecule has 0 atom stereocenters. The lowest BCUT2D eigenvalue weighted by Gasteiger charge is -1.98. The number of aromatic hydroxyl groups is 1. The predicted molar refractivity (Wildman–Crippen MR) is 71.0 cm³/mol. The van der Waals surface area contributed by atoms with Crippen molar-refractivity contribution in [1.29, 1.82) is 0 Å². The summed E-state index contributed by atoms with van der Waals surface area (Å²) in [4.78, 5) is 10.5. The first-order valence-corrected chi connectivity index (χ1v) is 6.92. The van der Waals surface area contributed by atoms with E-state index >= 15 is 0 Å². The molecule has 0 aliphatic carbocycles. The Hall–Kier alpha value is -1.68. The Balaban J connectivity index is 0.000000317. The minimum Gasteiger partial charge on any atom is -0.508 e. The van der Waals surface area contributed by atoms with E-state index in [4.69, 9.17) is 0 Å². The lowest BCUT2D eigenvalue weighted by atomic mass is 10.1. The van der Waals surface area contributed by atoms with Crippen LogP contribution in [0.4, 0.5) is 0 Å². The number of carbonyl (C=O) groups is 1. The summed E-state index contributed by atoms with van der Waals surface area (Å²) >= 11 is 0. The standard InChI is InChI=1S/C11H8O2.C2H6OS/c12-7-8-1-2-10-6-11(13)4-3-9(10)5-8;1-4(2)3/h1-7,13H;1-2H3. The molecule has 3 nitrogen and oxygen atoms in total. The van der Waals surface area contributed by atoms with Crippen molar-refractivity contribution >= 4 is 27.9 Å². The van der Waals surface area contributed by atoms with Crippen LogP contribution in [0.1, 0.15) is 10.4 Å². The van der Waals surface area contributed by atoms with Crippen molar-refractivity contribution in [2.45, 2.75) is 0 Å². The van der Waals surface area contributed by atoms with Crippen LogP contribution < -0.4 is 0 Å². The number of carbonyl (C=O) groups excluding carboxylic acids is 1. The fourth-order valence-corrected chi connectivity index (χ4v) is 1.32. The molecule has 0 aromatic heterocycles. The van der Waals surface area contributed by atoms with Crippen LogP contribution in [0.5, 0.6) is 5.75 Å². The highest BCUT2D eigenvalue weighted by Gasteiger charge is 1.96. The number of phenolic OH excluding ortho intramolecular Hbond substituents is 1. The van der Waals surface area contributed by atoms with Gasteiger partial charge in [0, 0.05) is 28.9 Å². The average molecular weight is 250 g/mol.